The van der Waals surface area contributed by atoms with Gasteiger partial charge < -0.3 is 15.8 Å². The minimum atomic E-state index is -0.481. The summed E-state index contributed by atoms with van der Waals surface area (Å²) in [6, 6.07) is 1.84. The van der Waals surface area contributed by atoms with E-state index >= 15 is 0 Å². The van der Waals surface area contributed by atoms with Crippen molar-refractivity contribution in [1.82, 2.24) is 10.3 Å². The molecule has 1 fully saturated rings. The van der Waals surface area contributed by atoms with Crippen LogP contribution in [-0.4, -0.2) is 30.6 Å². The Morgan fingerprint density at radius 3 is 2.79 bits per heavy atom. The number of aryl methyl sites for hydroxylation is 2. The molecular formula is C14H21N3O2. The molecule has 1 aromatic rings. The Bertz CT molecular complexity index is 468. The van der Waals surface area contributed by atoms with Crippen LogP contribution in [0.5, 0.6) is 5.88 Å². The number of carbonyl (C=O) groups is 1. The lowest BCUT2D eigenvalue weighted by Gasteiger charge is -2.23. The normalized spacial score (nSPS) is 16.3. The molecule has 1 aromatic heterocycles. The van der Waals surface area contributed by atoms with E-state index in [1.165, 1.54) is 0 Å². The summed E-state index contributed by atoms with van der Waals surface area (Å²) in [5, 5.41) is 3.32. The first-order chi connectivity index (χ1) is 9.08. The second-order valence-electron chi connectivity index (χ2n) is 5.13. The Kier molecular flexibility index (Phi) is 4.37. The molecule has 0 atom stereocenters. The fraction of sp³-hybridized carbons (Fsp3) is 0.571. The summed E-state index contributed by atoms with van der Waals surface area (Å²) in [7, 11) is 0. The summed E-state index contributed by atoms with van der Waals surface area (Å²) in [6.45, 7) is 6.38. The van der Waals surface area contributed by atoms with Crippen LogP contribution in [0.4, 0.5) is 0 Å². The van der Waals surface area contributed by atoms with Gasteiger partial charge in [-0.05, 0) is 57.3 Å². The number of ether oxygens (including phenoxy) is 1. The van der Waals surface area contributed by atoms with Crippen LogP contribution >= 0.6 is 0 Å². The van der Waals surface area contributed by atoms with Gasteiger partial charge in [0.1, 0.15) is 5.56 Å². The molecule has 0 aromatic carbocycles. The third-order valence-electron chi connectivity index (χ3n) is 3.47. The molecule has 19 heavy (non-hydrogen) atoms. The van der Waals surface area contributed by atoms with E-state index in [0.29, 0.717) is 24.0 Å². The largest absolute Gasteiger partial charge is 0.477 e. The van der Waals surface area contributed by atoms with Gasteiger partial charge in [-0.1, -0.05) is 0 Å². The lowest BCUT2D eigenvalue weighted by atomic mass is 9.99. The van der Waals surface area contributed by atoms with Crippen molar-refractivity contribution in [2.45, 2.75) is 26.7 Å². The van der Waals surface area contributed by atoms with Crippen molar-refractivity contribution < 1.29 is 9.53 Å². The van der Waals surface area contributed by atoms with Crippen LogP contribution in [-0.2, 0) is 0 Å². The SMILES string of the molecule is Cc1cc(C)c(C(N)=O)c(OCC2CCNCC2)n1. The van der Waals surface area contributed by atoms with Crippen LogP contribution in [0.2, 0.25) is 0 Å². The summed E-state index contributed by atoms with van der Waals surface area (Å²) in [5.74, 6) is 0.415. The maximum absolute atomic E-state index is 11.5. The zero-order chi connectivity index (χ0) is 13.8. The number of hydrogen-bond donors (Lipinski definition) is 2. The molecule has 0 saturated carbocycles. The molecule has 5 nitrogen and oxygen atoms in total. The Labute approximate surface area is 113 Å². The van der Waals surface area contributed by atoms with E-state index in [2.05, 4.69) is 10.3 Å². The number of aromatic nitrogens is 1. The van der Waals surface area contributed by atoms with E-state index in [-0.39, 0.29) is 0 Å². The number of piperidine rings is 1. The van der Waals surface area contributed by atoms with Gasteiger partial charge in [0, 0.05) is 5.69 Å². The molecule has 1 aliphatic rings. The maximum Gasteiger partial charge on any atom is 0.254 e. The lowest BCUT2D eigenvalue weighted by Crippen LogP contribution is -2.31. The van der Waals surface area contributed by atoms with E-state index in [9.17, 15) is 4.79 Å². The van der Waals surface area contributed by atoms with Gasteiger partial charge in [-0.15, -0.1) is 0 Å². The second-order valence-corrected chi connectivity index (χ2v) is 5.13. The highest BCUT2D eigenvalue weighted by molar-refractivity contribution is 5.96. The first-order valence-electron chi connectivity index (χ1n) is 6.69. The number of pyridine rings is 1. The third kappa shape index (κ3) is 3.44. The monoisotopic (exact) mass is 263 g/mol. The third-order valence-corrected chi connectivity index (χ3v) is 3.47. The fourth-order valence-electron chi connectivity index (χ4n) is 2.45. The first-order valence-corrected chi connectivity index (χ1v) is 6.69. The van der Waals surface area contributed by atoms with E-state index in [1.54, 1.807) is 0 Å². The standard InChI is InChI=1S/C14H21N3O2/c1-9-7-10(2)17-14(12(9)13(15)18)19-8-11-3-5-16-6-4-11/h7,11,16H,3-6,8H2,1-2H3,(H2,15,18). The van der Waals surface area contributed by atoms with Gasteiger partial charge in [0.2, 0.25) is 5.88 Å². The van der Waals surface area contributed by atoms with E-state index in [4.69, 9.17) is 10.5 Å². The Balaban J connectivity index is 2.12. The Morgan fingerprint density at radius 1 is 1.47 bits per heavy atom. The number of hydrogen-bond acceptors (Lipinski definition) is 4. The molecule has 3 N–H and O–H groups in total. The van der Waals surface area contributed by atoms with Crippen LogP contribution in [0, 0.1) is 19.8 Å². The average Bonchev–Trinajstić information content (AvgIpc) is 2.36. The molecule has 2 rings (SSSR count). The smallest absolute Gasteiger partial charge is 0.254 e. The summed E-state index contributed by atoms with van der Waals surface area (Å²) in [6.07, 6.45) is 2.19. The molecule has 0 bridgehead atoms. The summed E-state index contributed by atoms with van der Waals surface area (Å²) < 4.78 is 5.76. The van der Waals surface area contributed by atoms with Crippen LogP contribution in [0.25, 0.3) is 0 Å². The predicted molar refractivity (Wildman–Crippen MR) is 73.3 cm³/mol. The quantitative estimate of drug-likeness (QED) is 0.855. The highest BCUT2D eigenvalue weighted by Gasteiger charge is 2.18. The molecule has 2 heterocycles. The molecule has 0 unspecified atom stereocenters. The zero-order valence-electron chi connectivity index (χ0n) is 11.5. The number of rotatable bonds is 4. The molecule has 0 radical (unpaired) electrons. The molecule has 0 spiro atoms. The van der Waals surface area contributed by atoms with Crippen molar-refractivity contribution in [3.63, 3.8) is 0 Å². The highest BCUT2D eigenvalue weighted by atomic mass is 16.5. The van der Waals surface area contributed by atoms with Gasteiger partial charge in [-0.25, -0.2) is 4.98 Å². The number of amides is 1. The molecule has 1 saturated heterocycles. The topological polar surface area (TPSA) is 77.2 Å². The van der Waals surface area contributed by atoms with Gasteiger partial charge in [0.15, 0.2) is 0 Å². The minimum absolute atomic E-state index is 0.378. The number of nitrogens with one attached hydrogen (secondary N) is 1. The summed E-state index contributed by atoms with van der Waals surface area (Å²) >= 11 is 0. The first kappa shape index (κ1) is 13.8. The Morgan fingerprint density at radius 2 is 2.16 bits per heavy atom. The summed E-state index contributed by atoms with van der Waals surface area (Å²) in [4.78, 5) is 15.8. The summed E-state index contributed by atoms with van der Waals surface area (Å²) in [5.41, 5.74) is 7.46. The van der Waals surface area contributed by atoms with Gasteiger partial charge in [-0.3, -0.25) is 4.79 Å². The van der Waals surface area contributed by atoms with Crippen molar-refractivity contribution in [1.29, 1.82) is 0 Å². The average molecular weight is 263 g/mol. The minimum Gasteiger partial charge on any atom is -0.477 e. The molecule has 1 aliphatic heterocycles. The Hall–Kier alpha value is -1.62. The van der Waals surface area contributed by atoms with E-state index < -0.39 is 5.91 Å². The van der Waals surface area contributed by atoms with E-state index in [1.807, 2.05) is 19.9 Å². The number of carbonyl (C=O) groups excluding carboxylic acids is 1. The fourth-order valence-corrected chi connectivity index (χ4v) is 2.45. The molecular weight excluding hydrogens is 242 g/mol. The van der Waals surface area contributed by atoms with E-state index in [0.717, 1.165) is 37.2 Å². The van der Waals surface area contributed by atoms with Crippen LogP contribution < -0.4 is 15.8 Å². The molecule has 0 aliphatic carbocycles. The van der Waals surface area contributed by atoms with Gasteiger partial charge in [0.25, 0.3) is 5.91 Å². The highest BCUT2D eigenvalue weighted by Crippen LogP contribution is 2.22. The van der Waals surface area contributed by atoms with Crippen molar-refractivity contribution in [3.05, 3.63) is 22.9 Å². The van der Waals surface area contributed by atoms with Gasteiger partial charge >= 0.3 is 0 Å². The molecule has 1 amide bonds. The molecule has 104 valence electrons. The lowest BCUT2D eigenvalue weighted by molar-refractivity contribution is 0.0992. The second kappa shape index (κ2) is 6.02. The molecule has 5 heteroatoms. The maximum atomic E-state index is 11.5. The van der Waals surface area contributed by atoms with Crippen LogP contribution in [0.1, 0.15) is 34.5 Å². The zero-order valence-corrected chi connectivity index (χ0v) is 11.5. The number of primary amides is 1. The van der Waals surface area contributed by atoms with Crippen molar-refractivity contribution >= 4 is 5.91 Å². The van der Waals surface area contributed by atoms with Gasteiger partial charge in [-0.2, -0.15) is 0 Å². The van der Waals surface area contributed by atoms with Crippen molar-refractivity contribution in [2.75, 3.05) is 19.7 Å². The predicted octanol–water partition coefficient (Wildman–Crippen LogP) is 1.18. The number of nitrogens with two attached hydrogens (primary N) is 1. The van der Waals surface area contributed by atoms with Gasteiger partial charge in [0.05, 0.1) is 6.61 Å². The number of nitrogens with zero attached hydrogens (tertiary/aromatic N) is 1. The van der Waals surface area contributed by atoms with Crippen LogP contribution in [0.3, 0.4) is 0 Å². The van der Waals surface area contributed by atoms with Crippen LogP contribution in [0.15, 0.2) is 6.07 Å². The van der Waals surface area contributed by atoms with Crippen molar-refractivity contribution in [2.24, 2.45) is 11.7 Å². The van der Waals surface area contributed by atoms with Crippen molar-refractivity contribution in [3.8, 4) is 5.88 Å².